The molecule has 2 unspecified atom stereocenters. The van der Waals surface area contributed by atoms with E-state index in [1.54, 1.807) is 11.7 Å². The van der Waals surface area contributed by atoms with Crippen LogP contribution in [0.15, 0.2) is 0 Å². The van der Waals surface area contributed by atoms with Gasteiger partial charge in [0.05, 0.1) is 4.92 Å². The van der Waals surface area contributed by atoms with E-state index in [9.17, 15) is 10.1 Å². The monoisotopic (exact) mass is 280 g/mol. The molecule has 1 aliphatic carbocycles. The molecule has 1 saturated carbocycles. The summed E-state index contributed by atoms with van der Waals surface area (Å²) in [4.78, 5) is 11.1. The molecule has 1 fully saturated rings. The summed E-state index contributed by atoms with van der Waals surface area (Å²) >= 11 is 0. The fraction of sp³-hybridized carbons (Fsp3) is 0.786. The topological polar surface area (TPSA) is 73.0 Å². The quantitative estimate of drug-likeness (QED) is 0.677. The van der Waals surface area contributed by atoms with Crippen molar-refractivity contribution in [1.82, 2.24) is 9.78 Å². The molecule has 1 aliphatic rings. The van der Waals surface area contributed by atoms with Crippen molar-refractivity contribution < 1.29 is 4.92 Å². The molecule has 0 radical (unpaired) electrons. The van der Waals surface area contributed by atoms with Crippen molar-refractivity contribution in [1.29, 1.82) is 0 Å². The van der Waals surface area contributed by atoms with Gasteiger partial charge in [-0.05, 0) is 18.8 Å². The zero-order valence-corrected chi connectivity index (χ0v) is 12.7. The maximum Gasteiger partial charge on any atom is 0.334 e. The average Bonchev–Trinajstić information content (AvgIpc) is 2.70. The Morgan fingerprint density at radius 1 is 1.40 bits per heavy atom. The van der Waals surface area contributed by atoms with Gasteiger partial charge in [-0.3, -0.25) is 10.1 Å². The maximum absolute atomic E-state index is 11.4. The lowest BCUT2D eigenvalue weighted by Gasteiger charge is -2.29. The third-order valence-electron chi connectivity index (χ3n) is 4.21. The summed E-state index contributed by atoms with van der Waals surface area (Å²) in [6.45, 7) is 6.08. The number of nitrogens with zero attached hydrogens (tertiary/aromatic N) is 3. The van der Waals surface area contributed by atoms with Crippen LogP contribution in [-0.2, 0) is 7.05 Å². The zero-order valence-electron chi connectivity index (χ0n) is 12.7. The Hall–Kier alpha value is -1.59. The predicted molar refractivity (Wildman–Crippen MR) is 79.0 cm³/mol. The molecule has 0 amide bonds. The lowest BCUT2D eigenvalue weighted by Crippen LogP contribution is -2.31. The van der Waals surface area contributed by atoms with Crippen LogP contribution in [0.1, 0.15) is 58.1 Å². The first-order valence-corrected chi connectivity index (χ1v) is 7.39. The number of rotatable bonds is 4. The number of anilines is 1. The van der Waals surface area contributed by atoms with E-state index in [1.165, 1.54) is 19.3 Å². The summed E-state index contributed by atoms with van der Waals surface area (Å²) in [7, 11) is 1.77. The summed E-state index contributed by atoms with van der Waals surface area (Å²) in [5, 5.41) is 19.1. The van der Waals surface area contributed by atoms with Gasteiger partial charge in [0.25, 0.3) is 0 Å². The number of nitro groups is 1. The highest BCUT2D eigenvalue weighted by atomic mass is 16.6. The van der Waals surface area contributed by atoms with Crippen molar-refractivity contribution >= 4 is 11.5 Å². The number of aromatic nitrogens is 2. The Kier molecular flexibility index (Phi) is 4.30. The van der Waals surface area contributed by atoms with Crippen LogP contribution < -0.4 is 5.32 Å². The largest absolute Gasteiger partial charge is 0.362 e. The fourth-order valence-corrected chi connectivity index (χ4v) is 2.97. The van der Waals surface area contributed by atoms with E-state index in [2.05, 4.69) is 17.3 Å². The number of nitrogens with one attached hydrogen (secondary N) is 1. The molecule has 6 heteroatoms. The summed E-state index contributed by atoms with van der Waals surface area (Å²) in [6, 6.07) is 0.304. The summed E-state index contributed by atoms with van der Waals surface area (Å²) in [6.07, 6.45) is 4.69. The summed E-state index contributed by atoms with van der Waals surface area (Å²) in [5.74, 6) is 1.14. The lowest BCUT2D eigenvalue weighted by molar-refractivity contribution is -0.384. The van der Waals surface area contributed by atoms with Crippen LogP contribution in [0, 0.1) is 16.0 Å². The Morgan fingerprint density at radius 3 is 2.60 bits per heavy atom. The van der Waals surface area contributed by atoms with Gasteiger partial charge in [-0.25, -0.2) is 4.68 Å². The van der Waals surface area contributed by atoms with Crippen LogP contribution in [-0.4, -0.2) is 20.7 Å². The van der Waals surface area contributed by atoms with Crippen LogP contribution in [0.2, 0.25) is 0 Å². The normalized spacial score (nSPS) is 23.1. The van der Waals surface area contributed by atoms with Gasteiger partial charge in [-0.15, -0.1) is 0 Å². The summed E-state index contributed by atoms with van der Waals surface area (Å²) in [5.41, 5.74) is 0.698. The van der Waals surface area contributed by atoms with Crippen LogP contribution in [0.3, 0.4) is 0 Å². The Balaban J connectivity index is 2.33. The zero-order chi connectivity index (χ0) is 14.9. The van der Waals surface area contributed by atoms with Gasteiger partial charge >= 0.3 is 5.69 Å². The molecule has 112 valence electrons. The van der Waals surface area contributed by atoms with Crippen LogP contribution >= 0.6 is 0 Å². The van der Waals surface area contributed by atoms with E-state index < -0.39 is 0 Å². The highest BCUT2D eigenvalue weighted by molar-refractivity contribution is 5.61. The van der Waals surface area contributed by atoms with Crippen molar-refractivity contribution in [3.05, 3.63) is 15.8 Å². The highest BCUT2D eigenvalue weighted by Crippen LogP contribution is 2.35. The lowest BCUT2D eigenvalue weighted by atomic mass is 9.86. The molecular formula is C14H24N4O2. The Bertz CT molecular complexity index is 496. The molecule has 0 spiro atoms. The molecule has 1 heterocycles. The second-order valence-electron chi connectivity index (χ2n) is 6.13. The van der Waals surface area contributed by atoms with Crippen LogP contribution in [0.4, 0.5) is 11.5 Å². The van der Waals surface area contributed by atoms with E-state index in [-0.39, 0.29) is 16.5 Å². The molecule has 1 aromatic heterocycles. The molecule has 20 heavy (non-hydrogen) atoms. The molecule has 6 nitrogen and oxygen atoms in total. The minimum absolute atomic E-state index is 0.0425. The Labute approximate surface area is 119 Å². The summed E-state index contributed by atoms with van der Waals surface area (Å²) < 4.78 is 1.62. The second kappa shape index (κ2) is 5.81. The molecule has 2 atom stereocenters. The molecule has 0 aliphatic heterocycles. The van der Waals surface area contributed by atoms with Crippen molar-refractivity contribution in [3.8, 4) is 0 Å². The highest BCUT2D eigenvalue weighted by Gasteiger charge is 2.31. The third-order valence-corrected chi connectivity index (χ3v) is 4.21. The number of aryl methyl sites for hydroxylation is 1. The molecule has 0 bridgehead atoms. The number of hydrogen-bond donors (Lipinski definition) is 1. The van der Waals surface area contributed by atoms with Gasteiger partial charge in [0, 0.05) is 19.0 Å². The van der Waals surface area contributed by atoms with E-state index in [1.807, 2.05) is 13.8 Å². The maximum atomic E-state index is 11.4. The van der Waals surface area contributed by atoms with E-state index in [0.717, 1.165) is 6.42 Å². The predicted octanol–water partition coefficient (Wildman–Crippen LogP) is 3.44. The first-order valence-electron chi connectivity index (χ1n) is 7.39. The minimum atomic E-state index is -0.307. The van der Waals surface area contributed by atoms with Crippen molar-refractivity contribution in [2.45, 2.75) is 58.4 Å². The van der Waals surface area contributed by atoms with Crippen molar-refractivity contribution in [2.24, 2.45) is 13.0 Å². The van der Waals surface area contributed by atoms with Gasteiger partial charge in [-0.2, -0.15) is 5.10 Å². The molecule has 2 rings (SSSR count). The van der Waals surface area contributed by atoms with E-state index in [4.69, 9.17) is 0 Å². The number of hydrogen-bond acceptors (Lipinski definition) is 4. The van der Waals surface area contributed by atoms with Crippen molar-refractivity contribution in [3.63, 3.8) is 0 Å². The molecule has 0 saturated heterocycles. The fourth-order valence-electron chi connectivity index (χ4n) is 2.97. The van der Waals surface area contributed by atoms with Gasteiger partial charge < -0.3 is 5.32 Å². The standard InChI is InChI=1S/C14H24N4O2/c1-9(2)12-13(18(19)20)14(17(4)16-12)15-11-8-6-5-7-10(11)3/h9-11,15H,5-8H2,1-4H3. The Morgan fingerprint density at radius 2 is 2.05 bits per heavy atom. The van der Waals surface area contributed by atoms with Crippen LogP contribution in [0.25, 0.3) is 0 Å². The molecule has 1 aromatic rings. The van der Waals surface area contributed by atoms with Crippen LogP contribution in [0.5, 0.6) is 0 Å². The smallest absolute Gasteiger partial charge is 0.334 e. The van der Waals surface area contributed by atoms with Crippen molar-refractivity contribution in [2.75, 3.05) is 5.32 Å². The van der Waals surface area contributed by atoms with E-state index >= 15 is 0 Å². The molecule has 1 N–H and O–H groups in total. The second-order valence-corrected chi connectivity index (χ2v) is 6.13. The third kappa shape index (κ3) is 2.78. The van der Waals surface area contributed by atoms with E-state index in [0.29, 0.717) is 23.5 Å². The van der Waals surface area contributed by atoms with Gasteiger partial charge in [-0.1, -0.05) is 33.6 Å². The first-order chi connectivity index (χ1) is 9.41. The van der Waals surface area contributed by atoms with Gasteiger partial charge in [0.15, 0.2) is 0 Å². The first kappa shape index (κ1) is 14.8. The molecular weight excluding hydrogens is 256 g/mol. The average molecular weight is 280 g/mol. The van der Waals surface area contributed by atoms with Gasteiger partial charge in [0.2, 0.25) is 5.82 Å². The molecule has 0 aromatic carbocycles. The van der Waals surface area contributed by atoms with Gasteiger partial charge in [0.1, 0.15) is 5.69 Å². The SMILES string of the molecule is CC(C)c1nn(C)c(NC2CCCCC2C)c1[N+](=O)[O-]. The minimum Gasteiger partial charge on any atom is -0.362 e.